The van der Waals surface area contributed by atoms with Gasteiger partial charge in [0.15, 0.2) is 11.6 Å². The molecule has 21 heteroatoms. The van der Waals surface area contributed by atoms with E-state index in [1.54, 1.807) is 45.2 Å². The number of hydrogen-bond donors (Lipinski definition) is 2. The number of aryl methyl sites for hydroxylation is 4. The van der Waals surface area contributed by atoms with E-state index in [1.165, 1.54) is 65.2 Å². The monoisotopic (exact) mass is 1710 g/mol. The smallest absolute Gasteiger partial charge is 0.253 e. The van der Waals surface area contributed by atoms with Crippen molar-refractivity contribution in [3.05, 3.63) is 263 Å². The molecule has 658 valence electrons. The third kappa shape index (κ3) is 24.5. The summed E-state index contributed by atoms with van der Waals surface area (Å²) in [6.07, 6.45) is 21.3. The average molecular weight is 1710 g/mol. The highest BCUT2D eigenvalue weighted by molar-refractivity contribution is 7.18. The molecule has 18 nitrogen and oxygen atoms in total. The molecule has 17 rings (SSSR count). The number of carbonyl (C=O) groups is 4. The van der Waals surface area contributed by atoms with Gasteiger partial charge in [0.1, 0.15) is 41.1 Å². The molecule has 0 bridgehead atoms. The zero-order valence-electron chi connectivity index (χ0n) is 74.0. The second-order valence-electron chi connectivity index (χ2n) is 35.0. The first-order chi connectivity index (χ1) is 60.8. The summed E-state index contributed by atoms with van der Waals surface area (Å²) >= 11 is 1.87. The Morgan fingerprint density at radius 1 is 0.400 bits per heavy atom. The van der Waals surface area contributed by atoms with Crippen LogP contribution in [0.25, 0.3) is 53.8 Å². The number of hydrogen-bond acceptors (Lipinski definition) is 13. The minimum atomic E-state index is -0.240. The summed E-state index contributed by atoms with van der Waals surface area (Å²) in [6.45, 7) is 29.5. The van der Waals surface area contributed by atoms with Gasteiger partial charge >= 0.3 is 0 Å². The molecular weight excluding hydrogens is 1590 g/mol. The number of amides is 2. The number of piperidine rings is 4. The van der Waals surface area contributed by atoms with Gasteiger partial charge in [-0.05, 0) is 258 Å². The molecule has 4 aliphatic rings. The quantitative estimate of drug-likeness (QED) is 0.0396. The summed E-state index contributed by atoms with van der Waals surface area (Å²) in [7, 11) is 1.76. The van der Waals surface area contributed by atoms with E-state index in [4.69, 9.17) is 19.2 Å². The van der Waals surface area contributed by atoms with Gasteiger partial charge in [0.05, 0.1) is 33.5 Å². The van der Waals surface area contributed by atoms with Crippen LogP contribution in [0.4, 0.5) is 8.78 Å². The van der Waals surface area contributed by atoms with Crippen LogP contribution in [-0.4, -0.2) is 177 Å². The summed E-state index contributed by atoms with van der Waals surface area (Å²) in [6, 6.07) is 62.1. The van der Waals surface area contributed by atoms with Gasteiger partial charge in [-0.25, -0.2) is 13.8 Å². The minimum absolute atomic E-state index is 0.00174. The number of carbonyl (C=O) groups excluding carboxylic acids is 4. The number of nitrogens with one attached hydrogen (secondary N) is 2. The molecule has 125 heavy (non-hydrogen) atoms. The fourth-order valence-corrected chi connectivity index (χ4v) is 19.3. The van der Waals surface area contributed by atoms with Gasteiger partial charge < -0.3 is 62.7 Å². The number of likely N-dealkylation sites (tertiary alicyclic amines) is 4. The van der Waals surface area contributed by atoms with Crippen LogP contribution >= 0.6 is 11.3 Å². The SMILES string of the molecule is CC(=O)c1cn(CCCN2CCC(Oc3ccc(F)cc3)CC2)c2ccccc12.CC(C)CNC(=O)c1cn(CCCN2CCC(Oc3ccc(F)cc3)CC2)c2ccccc12.CC(C)CNC(=O)c1cn(CCCN2CCC(c3nc4ccccc4s3)CC2)c2ccccc12.COc1ccccc1C1CCN(CCCn2cc(C(C)=O)c3ccccc32)CC1. The first-order valence-electron chi connectivity index (χ1n) is 45.5. The molecule has 5 aromatic heterocycles. The number of ether oxygens (including phenoxy) is 3. The Hall–Kier alpha value is -10.8. The zero-order chi connectivity index (χ0) is 87.1. The molecule has 8 aromatic carbocycles. The highest BCUT2D eigenvalue weighted by atomic mass is 32.1. The molecule has 2 amide bonds. The van der Waals surface area contributed by atoms with Crippen LogP contribution in [-0.2, 0) is 26.2 Å². The summed E-state index contributed by atoms with van der Waals surface area (Å²) in [5.41, 5.74) is 10.2. The van der Waals surface area contributed by atoms with E-state index >= 15 is 0 Å². The fraction of sp³-hybridized carbons (Fsp3) is 0.413. The topological polar surface area (TPSA) is 166 Å². The van der Waals surface area contributed by atoms with Gasteiger partial charge in [0, 0.05) is 151 Å². The Bertz CT molecular complexity index is 5630. The predicted octanol–water partition coefficient (Wildman–Crippen LogP) is 21.0. The largest absolute Gasteiger partial charge is 0.496 e. The molecular formula is C104H125F2N11O7S. The van der Waals surface area contributed by atoms with E-state index in [0.717, 1.165) is 245 Å². The van der Waals surface area contributed by atoms with Crippen molar-refractivity contribution in [3.8, 4) is 17.2 Å². The van der Waals surface area contributed by atoms with Gasteiger partial charge in [-0.1, -0.05) is 131 Å². The van der Waals surface area contributed by atoms with Gasteiger partial charge in [-0.3, -0.25) is 19.2 Å². The van der Waals surface area contributed by atoms with Crippen LogP contribution in [0, 0.1) is 23.5 Å². The van der Waals surface area contributed by atoms with E-state index in [9.17, 15) is 28.0 Å². The minimum Gasteiger partial charge on any atom is -0.496 e. The number of nitrogens with zero attached hydrogens (tertiary/aromatic N) is 9. The summed E-state index contributed by atoms with van der Waals surface area (Å²) in [5.74, 6) is 4.35. The Kier molecular flexibility index (Phi) is 32.1. The van der Waals surface area contributed by atoms with Crippen molar-refractivity contribution >= 4 is 88.5 Å². The molecule has 0 unspecified atom stereocenters. The Balaban J connectivity index is 0.000000136. The lowest BCUT2D eigenvalue weighted by Gasteiger charge is -2.32. The van der Waals surface area contributed by atoms with Crippen LogP contribution < -0.4 is 24.8 Å². The van der Waals surface area contributed by atoms with Crippen LogP contribution in [0.15, 0.2) is 219 Å². The molecule has 2 N–H and O–H groups in total. The first-order valence-corrected chi connectivity index (χ1v) is 46.3. The molecule has 4 saturated heterocycles. The number of halogens is 2. The maximum atomic E-state index is 13.1. The van der Waals surface area contributed by atoms with Crippen LogP contribution in [0.2, 0.25) is 0 Å². The molecule has 0 aliphatic carbocycles. The van der Waals surface area contributed by atoms with Crippen molar-refractivity contribution in [2.75, 3.05) is 98.7 Å². The number of thiazole rings is 1. The number of fused-ring (bicyclic) bond motifs is 5. The van der Waals surface area contributed by atoms with E-state index in [0.29, 0.717) is 36.8 Å². The number of aromatic nitrogens is 5. The molecule has 0 saturated carbocycles. The number of benzene rings is 8. The van der Waals surface area contributed by atoms with Crippen molar-refractivity contribution in [1.29, 1.82) is 0 Å². The fourth-order valence-electron chi connectivity index (χ4n) is 18.1. The lowest BCUT2D eigenvalue weighted by molar-refractivity contribution is 0.0942. The first kappa shape index (κ1) is 90.4. The average Bonchev–Trinajstić information content (AvgIpc) is 1.66. The molecule has 4 fully saturated rings. The van der Waals surface area contributed by atoms with Crippen molar-refractivity contribution in [3.63, 3.8) is 0 Å². The maximum Gasteiger partial charge on any atom is 0.253 e. The summed E-state index contributed by atoms with van der Waals surface area (Å²) in [4.78, 5) is 64.4. The summed E-state index contributed by atoms with van der Waals surface area (Å²) in [5, 5.41) is 11.6. The number of Topliss-reactive ketones (excluding diaryl/α,β-unsaturated/α-hetero) is 2. The van der Waals surface area contributed by atoms with Gasteiger partial charge in [0.2, 0.25) is 0 Å². The Morgan fingerprint density at radius 2 is 0.728 bits per heavy atom. The highest BCUT2D eigenvalue weighted by Crippen LogP contribution is 2.37. The molecule has 0 atom stereocenters. The normalized spacial score (nSPS) is 15.5. The van der Waals surface area contributed by atoms with Crippen LogP contribution in [0.1, 0.15) is 182 Å². The van der Waals surface area contributed by atoms with Gasteiger partial charge in [-0.15, -0.1) is 11.3 Å². The van der Waals surface area contributed by atoms with Crippen molar-refractivity contribution in [2.24, 2.45) is 11.8 Å². The third-order valence-corrected chi connectivity index (χ3v) is 26.2. The lowest BCUT2D eigenvalue weighted by Crippen LogP contribution is -2.38. The van der Waals surface area contributed by atoms with Crippen LogP contribution in [0.5, 0.6) is 17.2 Å². The number of methoxy groups -OCH3 is 1. The number of ketones is 2. The molecule has 0 radical (unpaired) electrons. The van der Waals surface area contributed by atoms with E-state index in [1.807, 2.05) is 103 Å². The molecule has 9 heterocycles. The Morgan fingerprint density at radius 3 is 1.10 bits per heavy atom. The zero-order valence-corrected chi connectivity index (χ0v) is 74.8. The van der Waals surface area contributed by atoms with E-state index in [-0.39, 0.29) is 47.2 Å². The second-order valence-corrected chi connectivity index (χ2v) is 36.0. The van der Waals surface area contributed by atoms with Crippen molar-refractivity contribution < 1.29 is 42.2 Å². The standard InChI is InChI=1S/C28H34N4OS.C27H34FN3O2.C25H30N2O2.C24H27FN2O2/c1-20(2)18-29-27(33)23-19-32(25-10-5-3-8-22(23)25)15-7-14-31-16-12-21(13-17-31)28-30-24-9-4-6-11-26(24)34-28;1-20(2)18-29-27(32)25-19-31(26-7-4-3-6-24(25)26)15-5-14-30-16-12-23(13-17-30)33-22-10-8-21(28)9-11-22;1-19(28)23-18-27(24-10-5-3-9-22(23)24)15-7-14-26-16-12-20(13-17-26)21-8-4-6-11-25(21)29-2;1-18(28)23-17-27(24-6-3-2-5-22(23)24)14-4-13-26-15-11-21(12-16-26)29-20-9-7-19(25)8-10-20/h3-6,8-11,19-21H,7,12-18H2,1-2H3,(H,29,33);3-4,6-11,19-20,23H,5,12-18H2,1-2H3,(H,29,32);3-6,8-11,18,20H,7,12-17H2,1-2H3;2-3,5-10,17,21H,4,11-16H2,1H3. The van der Waals surface area contributed by atoms with Crippen LogP contribution in [0.3, 0.4) is 0 Å². The van der Waals surface area contributed by atoms with Gasteiger partial charge in [0.25, 0.3) is 11.8 Å². The highest BCUT2D eigenvalue weighted by Gasteiger charge is 2.28. The number of rotatable bonds is 31. The van der Waals surface area contributed by atoms with E-state index < -0.39 is 0 Å². The predicted molar refractivity (Wildman–Crippen MR) is 503 cm³/mol. The third-order valence-electron chi connectivity index (χ3n) is 25.0. The molecule has 13 aromatic rings. The van der Waals surface area contributed by atoms with Crippen molar-refractivity contribution in [1.82, 2.24) is 53.5 Å². The number of para-hydroxylation sites is 6. The maximum absolute atomic E-state index is 13.1. The molecule has 0 spiro atoms. The summed E-state index contributed by atoms with van der Waals surface area (Å²) < 4.78 is 53.8. The van der Waals surface area contributed by atoms with Crippen molar-refractivity contribution in [2.45, 2.75) is 169 Å². The van der Waals surface area contributed by atoms with E-state index in [2.05, 4.69) is 155 Å². The Labute approximate surface area is 739 Å². The molecule has 4 aliphatic heterocycles. The van der Waals surface area contributed by atoms with Gasteiger partial charge in [-0.2, -0.15) is 0 Å². The second kappa shape index (κ2) is 44.4. The lowest BCUT2D eigenvalue weighted by atomic mass is 9.89.